The van der Waals surface area contributed by atoms with Gasteiger partial charge in [-0.25, -0.2) is 18.6 Å². The van der Waals surface area contributed by atoms with Gasteiger partial charge in [0.2, 0.25) is 5.91 Å². The van der Waals surface area contributed by atoms with Crippen molar-refractivity contribution in [2.45, 2.75) is 52.0 Å². The smallest absolute Gasteiger partial charge is 0.335 e. The summed E-state index contributed by atoms with van der Waals surface area (Å²) in [7, 11) is 1.98. The second kappa shape index (κ2) is 10.3. The van der Waals surface area contributed by atoms with Crippen molar-refractivity contribution in [2.75, 3.05) is 31.1 Å². The van der Waals surface area contributed by atoms with Crippen LogP contribution in [0.4, 0.5) is 10.3 Å². The number of carbonyl (C=O) groups is 1. The largest absolute Gasteiger partial charge is 0.393 e. The molecule has 8 nitrogen and oxygen atoms in total. The minimum atomic E-state index is -0.243. The summed E-state index contributed by atoms with van der Waals surface area (Å²) in [6.07, 6.45) is 8.38. The van der Waals surface area contributed by atoms with Crippen LogP contribution in [0.15, 0.2) is 36.7 Å². The van der Waals surface area contributed by atoms with E-state index in [1.807, 2.05) is 33.5 Å². The van der Waals surface area contributed by atoms with E-state index in [9.17, 15) is 9.18 Å². The van der Waals surface area contributed by atoms with Crippen LogP contribution in [0.2, 0.25) is 0 Å². The normalized spacial score (nSPS) is 20.6. The Bertz CT molecular complexity index is 1230. The molecule has 1 aromatic carbocycles. The molecule has 0 N–H and O–H groups in total. The molecule has 2 aromatic heterocycles. The molecule has 1 saturated carbocycles. The Labute approximate surface area is 211 Å². The minimum Gasteiger partial charge on any atom is -0.335 e. The molecule has 1 amide bonds. The molecule has 1 aliphatic heterocycles. The molecule has 190 valence electrons. The van der Waals surface area contributed by atoms with E-state index in [2.05, 4.69) is 16.8 Å². The van der Waals surface area contributed by atoms with E-state index in [1.54, 1.807) is 25.3 Å². The molecule has 9 heteroatoms. The number of hydrogen-bond acceptors (Lipinski definition) is 5. The van der Waals surface area contributed by atoms with E-state index >= 15 is 0 Å². The fourth-order valence-electron chi connectivity index (χ4n) is 5.47. The Kier molecular flexibility index (Phi) is 6.98. The lowest BCUT2D eigenvalue weighted by atomic mass is 9.80. The zero-order valence-electron chi connectivity index (χ0n) is 21.4. The molecule has 0 radical (unpaired) electrons. The first kappa shape index (κ1) is 24.3. The van der Waals surface area contributed by atoms with Gasteiger partial charge < -0.3 is 4.90 Å². The van der Waals surface area contributed by atoms with Crippen LogP contribution < -0.4 is 9.47 Å². The van der Waals surface area contributed by atoms with Crippen LogP contribution in [0.3, 0.4) is 0 Å². The molecule has 0 spiro atoms. The number of piperazine rings is 1. The molecule has 0 bridgehead atoms. The summed E-state index contributed by atoms with van der Waals surface area (Å²) >= 11 is 0. The van der Waals surface area contributed by atoms with Crippen molar-refractivity contribution in [3.63, 3.8) is 0 Å². The van der Waals surface area contributed by atoms with Crippen LogP contribution in [0, 0.1) is 18.7 Å². The van der Waals surface area contributed by atoms with Crippen molar-refractivity contribution in [2.24, 2.45) is 13.0 Å². The van der Waals surface area contributed by atoms with Gasteiger partial charge in [-0.2, -0.15) is 5.10 Å². The second-order valence-corrected chi connectivity index (χ2v) is 10.2. The van der Waals surface area contributed by atoms with E-state index in [1.165, 1.54) is 12.5 Å². The zero-order chi connectivity index (χ0) is 25.2. The number of amides is 1. The van der Waals surface area contributed by atoms with Crippen LogP contribution in [0.1, 0.15) is 49.9 Å². The molecule has 36 heavy (non-hydrogen) atoms. The summed E-state index contributed by atoms with van der Waals surface area (Å²) < 4.78 is 17.7. The lowest BCUT2D eigenvalue weighted by molar-refractivity contribution is -0.661. The molecule has 1 aliphatic carbocycles. The quantitative estimate of drug-likeness (QED) is 0.512. The van der Waals surface area contributed by atoms with Crippen molar-refractivity contribution in [1.29, 1.82) is 0 Å². The number of aryl methyl sites for hydroxylation is 2. The molecular weight excluding hydrogens is 457 g/mol. The first-order valence-corrected chi connectivity index (χ1v) is 13.0. The Balaban J connectivity index is 1.35. The van der Waals surface area contributed by atoms with Crippen molar-refractivity contribution < 1.29 is 13.8 Å². The van der Waals surface area contributed by atoms with E-state index in [0.717, 1.165) is 49.7 Å². The Hall–Kier alpha value is -3.36. The summed E-state index contributed by atoms with van der Waals surface area (Å²) in [6.45, 7) is 6.94. The number of halogens is 1. The molecule has 5 rings (SSSR count). The molecule has 2 fully saturated rings. The van der Waals surface area contributed by atoms with Crippen molar-refractivity contribution in [3.8, 4) is 11.4 Å². The van der Waals surface area contributed by atoms with Gasteiger partial charge in [0.1, 0.15) is 24.4 Å². The maximum absolute atomic E-state index is 13.9. The third kappa shape index (κ3) is 4.96. The van der Waals surface area contributed by atoms with Gasteiger partial charge >= 0.3 is 5.95 Å². The van der Waals surface area contributed by atoms with Gasteiger partial charge in [0.15, 0.2) is 5.82 Å². The number of benzene rings is 1. The first-order valence-electron chi connectivity index (χ1n) is 13.0. The number of nitrogens with zero attached hydrogens (tertiary/aromatic N) is 7. The van der Waals surface area contributed by atoms with Crippen LogP contribution in [-0.2, 0) is 18.4 Å². The maximum atomic E-state index is 13.9. The predicted octanol–water partition coefficient (Wildman–Crippen LogP) is 3.25. The standard InChI is InChI=1S/C27H35FN7O/c1-19-7-4-5-8-22(19)26-30-25(21-9-10-23(28)20(2)17-21)31-35(26)18-24(36)33-13-15-34(16-14-33)27-29-11-6-12-32(27)3/h6,9-12,17,19,22H,4-5,7-8,13-16,18H2,1-3H3/q+1. The average Bonchev–Trinajstić information content (AvgIpc) is 3.29. The SMILES string of the molecule is Cc1cc(-c2nc(C3CCCCC3C)n(CC(=O)N3CCN(c4nccc[n+]4C)CC3)n2)ccc1F. The molecule has 2 aliphatic rings. The predicted molar refractivity (Wildman–Crippen MR) is 135 cm³/mol. The number of carbonyl (C=O) groups excluding carboxylic acids is 1. The van der Waals surface area contributed by atoms with Gasteiger partial charge in [0.25, 0.3) is 0 Å². The van der Waals surface area contributed by atoms with Crippen LogP contribution in [0.5, 0.6) is 0 Å². The molecule has 2 unspecified atom stereocenters. The second-order valence-electron chi connectivity index (χ2n) is 10.2. The zero-order valence-corrected chi connectivity index (χ0v) is 21.4. The third-order valence-corrected chi connectivity index (χ3v) is 7.66. The Morgan fingerprint density at radius 2 is 1.94 bits per heavy atom. The molecule has 3 heterocycles. The van der Waals surface area contributed by atoms with Gasteiger partial charge in [-0.15, -0.1) is 0 Å². The number of rotatable bonds is 5. The Morgan fingerprint density at radius 1 is 1.17 bits per heavy atom. The average molecular weight is 493 g/mol. The molecular formula is C27H35FN7O+. The Morgan fingerprint density at radius 3 is 2.67 bits per heavy atom. The number of hydrogen-bond donors (Lipinski definition) is 0. The minimum absolute atomic E-state index is 0.0523. The van der Waals surface area contributed by atoms with Gasteiger partial charge in [-0.1, -0.05) is 31.2 Å². The van der Waals surface area contributed by atoms with E-state index in [0.29, 0.717) is 30.4 Å². The van der Waals surface area contributed by atoms with E-state index in [4.69, 9.17) is 10.1 Å². The third-order valence-electron chi connectivity index (χ3n) is 7.66. The first-order chi connectivity index (χ1) is 17.4. The summed E-state index contributed by atoms with van der Waals surface area (Å²) in [5, 5.41) is 4.78. The van der Waals surface area contributed by atoms with Gasteiger partial charge in [0.05, 0.1) is 39.4 Å². The lowest BCUT2D eigenvalue weighted by Gasteiger charge is -2.32. The van der Waals surface area contributed by atoms with Crippen molar-refractivity contribution in [3.05, 3.63) is 53.9 Å². The molecule has 2 atom stereocenters. The van der Waals surface area contributed by atoms with Gasteiger partial charge in [-0.05, 0) is 43.0 Å². The fraction of sp³-hybridized carbons (Fsp3) is 0.519. The van der Waals surface area contributed by atoms with Gasteiger partial charge in [0, 0.05) is 17.5 Å². The van der Waals surface area contributed by atoms with E-state index < -0.39 is 0 Å². The molecule has 1 saturated heterocycles. The van der Waals surface area contributed by atoms with Crippen LogP contribution in [0.25, 0.3) is 11.4 Å². The van der Waals surface area contributed by atoms with E-state index in [-0.39, 0.29) is 24.2 Å². The highest BCUT2D eigenvalue weighted by atomic mass is 19.1. The maximum Gasteiger partial charge on any atom is 0.393 e. The van der Waals surface area contributed by atoms with Gasteiger partial charge in [-0.3, -0.25) is 9.69 Å². The topological polar surface area (TPSA) is 71.0 Å². The summed E-state index contributed by atoms with van der Waals surface area (Å²) in [5.41, 5.74) is 1.34. The number of aromatic nitrogens is 5. The highest BCUT2D eigenvalue weighted by Crippen LogP contribution is 2.37. The summed E-state index contributed by atoms with van der Waals surface area (Å²) in [5.74, 6) is 2.92. The van der Waals surface area contributed by atoms with Crippen LogP contribution in [-0.4, -0.2) is 56.7 Å². The van der Waals surface area contributed by atoms with Crippen molar-refractivity contribution >= 4 is 11.9 Å². The molecule has 3 aromatic rings. The summed E-state index contributed by atoms with van der Waals surface area (Å²) in [4.78, 5) is 26.9. The highest BCUT2D eigenvalue weighted by Gasteiger charge is 2.31. The summed E-state index contributed by atoms with van der Waals surface area (Å²) in [6, 6.07) is 6.87. The monoisotopic (exact) mass is 492 g/mol. The number of anilines is 1. The van der Waals surface area contributed by atoms with Crippen molar-refractivity contribution in [1.82, 2.24) is 24.6 Å². The fourth-order valence-corrected chi connectivity index (χ4v) is 5.47. The highest BCUT2D eigenvalue weighted by molar-refractivity contribution is 5.76. The van der Waals surface area contributed by atoms with Crippen LogP contribution >= 0.6 is 0 Å². The lowest BCUT2D eigenvalue weighted by Crippen LogP contribution is -2.53.